The van der Waals surface area contributed by atoms with Crippen LogP contribution in [0.1, 0.15) is 46.0 Å². The topological polar surface area (TPSA) is 103 Å². The summed E-state index contributed by atoms with van der Waals surface area (Å²) in [4.78, 5) is 43.3. The molecule has 0 bridgehead atoms. The van der Waals surface area contributed by atoms with E-state index in [9.17, 15) is 27.6 Å². The number of carbonyl (C=O) groups excluding carboxylic acids is 3. The van der Waals surface area contributed by atoms with Crippen LogP contribution in [-0.2, 0) is 14.4 Å². The normalized spacial score (nSPS) is 18.6. The van der Waals surface area contributed by atoms with Gasteiger partial charge in [0, 0.05) is 70.0 Å². The van der Waals surface area contributed by atoms with Crippen molar-refractivity contribution in [3.63, 3.8) is 0 Å². The molecular weight excluding hydrogens is 591 g/mol. The summed E-state index contributed by atoms with van der Waals surface area (Å²) in [6.45, 7) is 6.86. The number of halogens is 3. The Morgan fingerprint density at radius 3 is 2.20 bits per heavy atom. The molecule has 2 fully saturated rings. The van der Waals surface area contributed by atoms with Crippen LogP contribution in [0.25, 0.3) is 0 Å². The lowest BCUT2D eigenvalue weighted by Crippen LogP contribution is -2.56. The lowest BCUT2D eigenvalue weighted by molar-refractivity contribution is -0.274. The van der Waals surface area contributed by atoms with Crippen molar-refractivity contribution in [1.29, 1.82) is 0 Å². The third kappa shape index (κ3) is 10.2. The fraction of sp³-hybridized carbons (Fsp3) is 0.531. The van der Waals surface area contributed by atoms with Crippen molar-refractivity contribution in [3.8, 4) is 11.5 Å². The van der Waals surface area contributed by atoms with E-state index in [1.807, 2.05) is 29.2 Å². The number of hydrogen-bond acceptors (Lipinski definition) is 7. The SMILES string of the molecule is CCC(=O)N(CCNc1ccc(OC(F)(F)F)cc1)[C@H]1CCCCC1NC(=O)COc1ccc(N2CCN(C(C)=O)CC2)cc1. The van der Waals surface area contributed by atoms with Crippen LogP contribution in [0, 0.1) is 0 Å². The zero-order valence-electron chi connectivity index (χ0n) is 25.8. The summed E-state index contributed by atoms with van der Waals surface area (Å²) in [5.74, 6) is 0.0562. The Labute approximate surface area is 261 Å². The number of hydrogen-bond donors (Lipinski definition) is 2. The second kappa shape index (κ2) is 15.7. The molecule has 1 unspecified atom stereocenters. The second-order valence-electron chi connectivity index (χ2n) is 11.2. The number of alkyl halides is 3. The first-order valence-electron chi connectivity index (χ1n) is 15.4. The number of nitrogens with zero attached hydrogens (tertiary/aromatic N) is 3. The summed E-state index contributed by atoms with van der Waals surface area (Å²) in [6.07, 6.45) is -1.08. The molecule has 1 heterocycles. The Balaban J connectivity index is 1.27. The first-order chi connectivity index (χ1) is 21.5. The fourth-order valence-electron chi connectivity index (χ4n) is 5.86. The average Bonchev–Trinajstić information content (AvgIpc) is 3.02. The minimum Gasteiger partial charge on any atom is -0.484 e. The monoisotopic (exact) mass is 633 g/mol. The molecule has 1 saturated carbocycles. The summed E-state index contributed by atoms with van der Waals surface area (Å²) in [5.41, 5.74) is 1.63. The molecule has 0 spiro atoms. The number of carbonyl (C=O) groups is 3. The van der Waals surface area contributed by atoms with Crippen molar-refractivity contribution in [2.45, 2.75) is 64.4 Å². The molecule has 246 valence electrons. The standard InChI is InChI=1S/C32H42F3N5O5/c1-3-31(43)40(17-16-36-24-8-12-27(13-9-24)45-32(33,34)35)29-7-5-4-6-28(29)37-30(42)22-44-26-14-10-25(11-15-26)39-20-18-38(19-21-39)23(2)41/h8-15,28-29,36H,3-7,16-22H2,1-2H3,(H,37,42)/t28?,29-/m0/s1. The predicted molar refractivity (Wildman–Crippen MR) is 164 cm³/mol. The van der Waals surface area contributed by atoms with Crippen molar-refractivity contribution in [3.05, 3.63) is 48.5 Å². The van der Waals surface area contributed by atoms with Crippen LogP contribution < -0.4 is 25.0 Å². The van der Waals surface area contributed by atoms with Gasteiger partial charge in [-0.1, -0.05) is 19.8 Å². The van der Waals surface area contributed by atoms with E-state index in [4.69, 9.17) is 4.74 Å². The molecule has 3 amide bonds. The molecule has 1 aliphatic carbocycles. The Hall–Kier alpha value is -4.16. The molecule has 0 aromatic heterocycles. The van der Waals surface area contributed by atoms with E-state index in [0.717, 1.165) is 44.5 Å². The van der Waals surface area contributed by atoms with Gasteiger partial charge in [0.15, 0.2) is 6.61 Å². The van der Waals surface area contributed by atoms with E-state index in [0.29, 0.717) is 44.0 Å². The van der Waals surface area contributed by atoms with E-state index in [-0.39, 0.29) is 42.2 Å². The van der Waals surface area contributed by atoms with Gasteiger partial charge in [-0.15, -0.1) is 13.2 Å². The third-order valence-corrected chi connectivity index (χ3v) is 8.17. The maximum Gasteiger partial charge on any atom is 0.573 e. The van der Waals surface area contributed by atoms with Gasteiger partial charge in [0.05, 0.1) is 6.04 Å². The van der Waals surface area contributed by atoms with Crippen LogP contribution in [0.15, 0.2) is 48.5 Å². The molecule has 2 aromatic rings. The van der Waals surface area contributed by atoms with Crippen LogP contribution in [0.3, 0.4) is 0 Å². The molecule has 2 N–H and O–H groups in total. The van der Waals surface area contributed by atoms with Crippen LogP contribution in [0.5, 0.6) is 11.5 Å². The molecule has 45 heavy (non-hydrogen) atoms. The van der Waals surface area contributed by atoms with Gasteiger partial charge in [0.25, 0.3) is 5.91 Å². The van der Waals surface area contributed by atoms with E-state index in [1.165, 1.54) is 24.3 Å². The second-order valence-corrected chi connectivity index (χ2v) is 11.2. The largest absolute Gasteiger partial charge is 0.573 e. The van der Waals surface area contributed by atoms with Gasteiger partial charge in [-0.3, -0.25) is 14.4 Å². The number of rotatable bonds is 12. The highest BCUT2D eigenvalue weighted by Crippen LogP contribution is 2.26. The Morgan fingerprint density at radius 1 is 0.933 bits per heavy atom. The van der Waals surface area contributed by atoms with E-state index >= 15 is 0 Å². The van der Waals surface area contributed by atoms with Gasteiger partial charge >= 0.3 is 6.36 Å². The first kappa shape index (κ1) is 33.7. The maximum atomic E-state index is 13.0. The first-order valence-corrected chi connectivity index (χ1v) is 15.4. The summed E-state index contributed by atoms with van der Waals surface area (Å²) >= 11 is 0. The van der Waals surface area contributed by atoms with Gasteiger partial charge < -0.3 is 34.8 Å². The van der Waals surface area contributed by atoms with Crippen LogP contribution in [0.2, 0.25) is 0 Å². The van der Waals surface area contributed by atoms with E-state index < -0.39 is 6.36 Å². The number of benzene rings is 2. The van der Waals surface area contributed by atoms with Gasteiger partial charge in [0.1, 0.15) is 11.5 Å². The molecule has 13 heteroatoms. The van der Waals surface area contributed by atoms with Gasteiger partial charge in [-0.2, -0.15) is 0 Å². The van der Waals surface area contributed by atoms with Crippen molar-refractivity contribution >= 4 is 29.1 Å². The average molecular weight is 634 g/mol. The zero-order chi connectivity index (χ0) is 32.4. The number of amides is 3. The van der Waals surface area contributed by atoms with Crippen molar-refractivity contribution in [1.82, 2.24) is 15.1 Å². The number of nitrogens with one attached hydrogen (secondary N) is 2. The van der Waals surface area contributed by atoms with Gasteiger partial charge in [0.2, 0.25) is 11.8 Å². The Kier molecular flexibility index (Phi) is 11.8. The predicted octanol–water partition coefficient (Wildman–Crippen LogP) is 4.41. The lowest BCUT2D eigenvalue weighted by atomic mass is 9.88. The van der Waals surface area contributed by atoms with Crippen molar-refractivity contribution < 1.29 is 37.0 Å². The van der Waals surface area contributed by atoms with Gasteiger partial charge in [-0.25, -0.2) is 0 Å². The molecule has 1 saturated heterocycles. The highest BCUT2D eigenvalue weighted by Gasteiger charge is 2.33. The number of ether oxygens (including phenoxy) is 2. The number of anilines is 2. The summed E-state index contributed by atoms with van der Waals surface area (Å²) in [7, 11) is 0. The van der Waals surface area contributed by atoms with Gasteiger partial charge in [-0.05, 0) is 61.4 Å². The molecule has 10 nitrogen and oxygen atoms in total. The lowest BCUT2D eigenvalue weighted by Gasteiger charge is -2.40. The van der Waals surface area contributed by atoms with E-state index in [1.54, 1.807) is 18.7 Å². The summed E-state index contributed by atoms with van der Waals surface area (Å²) < 4.78 is 47.0. The quantitative estimate of drug-likeness (QED) is 0.357. The zero-order valence-corrected chi connectivity index (χ0v) is 25.8. The summed E-state index contributed by atoms with van der Waals surface area (Å²) in [6, 6.07) is 12.6. The third-order valence-electron chi connectivity index (χ3n) is 8.17. The molecule has 0 radical (unpaired) electrons. The molecule has 2 aliphatic rings. The fourth-order valence-corrected chi connectivity index (χ4v) is 5.86. The Morgan fingerprint density at radius 2 is 1.58 bits per heavy atom. The highest BCUT2D eigenvalue weighted by atomic mass is 19.4. The molecule has 2 atom stereocenters. The smallest absolute Gasteiger partial charge is 0.484 e. The van der Waals surface area contributed by atoms with Crippen LogP contribution in [0.4, 0.5) is 24.5 Å². The Bertz CT molecular complexity index is 1270. The maximum absolute atomic E-state index is 13.0. The molecular formula is C32H42F3N5O5. The van der Waals surface area contributed by atoms with Crippen molar-refractivity contribution in [2.75, 3.05) is 56.1 Å². The van der Waals surface area contributed by atoms with Crippen LogP contribution in [-0.4, -0.2) is 91.8 Å². The number of piperazine rings is 1. The molecule has 4 rings (SSSR count). The van der Waals surface area contributed by atoms with Crippen LogP contribution >= 0.6 is 0 Å². The summed E-state index contributed by atoms with van der Waals surface area (Å²) in [5, 5.41) is 6.24. The minimum atomic E-state index is -4.75. The molecule has 1 aliphatic heterocycles. The molecule has 2 aromatic carbocycles. The minimum absolute atomic E-state index is 0.0316. The van der Waals surface area contributed by atoms with Crippen molar-refractivity contribution in [2.24, 2.45) is 0 Å². The highest BCUT2D eigenvalue weighted by molar-refractivity contribution is 5.79. The van der Waals surface area contributed by atoms with E-state index in [2.05, 4.69) is 20.3 Å².